The van der Waals surface area contributed by atoms with Crippen LogP contribution in [-0.2, 0) is 16.0 Å². The number of aryl methyl sites for hydroxylation is 1. The van der Waals surface area contributed by atoms with E-state index in [1.54, 1.807) is 11.8 Å². The van der Waals surface area contributed by atoms with Crippen molar-refractivity contribution in [1.82, 2.24) is 19.8 Å². The number of fused-ring (bicyclic) bond motifs is 3. The van der Waals surface area contributed by atoms with Crippen molar-refractivity contribution in [2.45, 2.75) is 19.8 Å². The van der Waals surface area contributed by atoms with Crippen LogP contribution in [0.2, 0.25) is 0 Å². The Morgan fingerprint density at radius 1 is 1.07 bits per heavy atom. The Hall–Kier alpha value is -3.09. The number of hydrogen-bond acceptors (Lipinski definition) is 4. The van der Waals surface area contributed by atoms with Gasteiger partial charge in [-0.25, -0.2) is 4.79 Å². The zero-order valence-electron chi connectivity index (χ0n) is 16.0. The molecule has 0 aliphatic carbocycles. The summed E-state index contributed by atoms with van der Waals surface area (Å²) >= 11 is 0. The summed E-state index contributed by atoms with van der Waals surface area (Å²) in [7, 11) is 0. The summed E-state index contributed by atoms with van der Waals surface area (Å²) in [5.41, 5.74) is 3.01. The first-order chi connectivity index (χ1) is 13.7. The van der Waals surface area contributed by atoms with Crippen LogP contribution in [0.4, 0.5) is 4.79 Å². The average Bonchev–Trinajstić information content (AvgIpc) is 3.10. The topological polar surface area (TPSA) is 78.5 Å². The predicted octanol–water partition coefficient (Wildman–Crippen LogP) is 2.95. The number of pyridine rings is 1. The van der Waals surface area contributed by atoms with E-state index in [4.69, 9.17) is 4.74 Å². The Balaban J connectivity index is 1.36. The fourth-order valence-electron chi connectivity index (χ4n) is 3.68. The molecule has 146 valence electrons. The number of H-pyrrole nitrogens is 1. The molecule has 7 nitrogen and oxygen atoms in total. The summed E-state index contributed by atoms with van der Waals surface area (Å²) in [5, 5.41) is 2.30. The predicted molar refractivity (Wildman–Crippen MR) is 107 cm³/mol. The molecule has 2 amide bonds. The Morgan fingerprint density at radius 2 is 1.82 bits per heavy atom. The van der Waals surface area contributed by atoms with Crippen molar-refractivity contribution in [2.75, 3.05) is 32.8 Å². The van der Waals surface area contributed by atoms with Crippen LogP contribution in [0.25, 0.3) is 21.8 Å². The summed E-state index contributed by atoms with van der Waals surface area (Å²) in [4.78, 5) is 35.6. The van der Waals surface area contributed by atoms with E-state index in [9.17, 15) is 9.59 Å². The van der Waals surface area contributed by atoms with Crippen molar-refractivity contribution < 1.29 is 14.3 Å². The highest BCUT2D eigenvalue weighted by molar-refractivity contribution is 6.06. The largest absolute Gasteiger partial charge is 0.450 e. The molecule has 3 heterocycles. The van der Waals surface area contributed by atoms with E-state index >= 15 is 0 Å². The molecule has 0 unspecified atom stereocenters. The molecule has 0 spiro atoms. The first-order valence-corrected chi connectivity index (χ1v) is 9.70. The molecule has 1 fully saturated rings. The highest BCUT2D eigenvalue weighted by Crippen LogP contribution is 2.25. The number of nitrogens with zero attached hydrogens (tertiary/aromatic N) is 3. The SMILES string of the molecule is CCOC(=O)N1CCN(C(=O)CCc2cc3c(cn2)[nH]c2ccccc23)CC1. The van der Waals surface area contributed by atoms with E-state index in [0.717, 1.165) is 22.1 Å². The summed E-state index contributed by atoms with van der Waals surface area (Å²) in [6.45, 7) is 4.29. The highest BCUT2D eigenvalue weighted by Gasteiger charge is 2.24. The van der Waals surface area contributed by atoms with Crippen molar-refractivity contribution in [3.63, 3.8) is 0 Å². The molecule has 7 heteroatoms. The third-order valence-electron chi connectivity index (χ3n) is 5.20. The second-order valence-electron chi connectivity index (χ2n) is 6.96. The highest BCUT2D eigenvalue weighted by atomic mass is 16.6. The molecule has 0 bridgehead atoms. The number of carbonyl (C=O) groups excluding carboxylic acids is 2. The zero-order chi connectivity index (χ0) is 19.5. The van der Waals surface area contributed by atoms with E-state index in [1.165, 1.54) is 5.39 Å². The van der Waals surface area contributed by atoms with E-state index in [0.29, 0.717) is 45.6 Å². The number of rotatable bonds is 4. The monoisotopic (exact) mass is 380 g/mol. The van der Waals surface area contributed by atoms with Gasteiger partial charge in [-0.1, -0.05) is 18.2 Å². The second kappa shape index (κ2) is 7.88. The standard InChI is InChI=1S/C21H24N4O3/c1-2-28-21(27)25-11-9-24(10-12-25)20(26)8-7-15-13-17-16-5-3-4-6-18(16)23-19(17)14-22-15/h3-6,13-14,23H,2,7-12H2,1H3. The van der Waals surface area contributed by atoms with E-state index in [-0.39, 0.29) is 12.0 Å². The van der Waals surface area contributed by atoms with Gasteiger partial charge in [0, 0.05) is 54.6 Å². The number of benzene rings is 1. The molecule has 0 saturated carbocycles. The van der Waals surface area contributed by atoms with Crippen molar-refractivity contribution in [2.24, 2.45) is 0 Å². The fourth-order valence-corrected chi connectivity index (χ4v) is 3.68. The number of carbonyl (C=O) groups is 2. The van der Waals surface area contributed by atoms with E-state index in [2.05, 4.69) is 28.2 Å². The number of para-hydroxylation sites is 1. The summed E-state index contributed by atoms with van der Waals surface area (Å²) < 4.78 is 5.01. The number of aromatic nitrogens is 2. The van der Waals surface area contributed by atoms with Crippen LogP contribution >= 0.6 is 0 Å². The van der Waals surface area contributed by atoms with Gasteiger partial charge in [-0.15, -0.1) is 0 Å². The Bertz CT molecular complexity index is 1010. The van der Waals surface area contributed by atoms with Gasteiger partial charge in [-0.05, 0) is 25.5 Å². The molecule has 2 aromatic heterocycles. The minimum Gasteiger partial charge on any atom is -0.450 e. The maximum Gasteiger partial charge on any atom is 0.409 e. The maximum atomic E-state index is 12.6. The summed E-state index contributed by atoms with van der Waals surface area (Å²) in [6.07, 6.45) is 2.56. The molecular weight excluding hydrogens is 356 g/mol. The van der Waals surface area contributed by atoms with Crippen LogP contribution < -0.4 is 0 Å². The van der Waals surface area contributed by atoms with E-state index in [1.807, 2.05) is 23.2 Å². The van der Waals surface area contributed by atoms with E-state index < -0.39 is 0 Å². The van der Waals surface area contributed by atoms with Crippen LogP contribution in [0.15, 0.2) is 36.5 Å². The van der Waals surface area contributed by atoms with Crippen LogP contribution in [0.3, 0.4) is 0 Å². The Kier molecular flexibility index (Phi) is 5.14. The zero-order valence-corrected chi connectivity index (χ0v) is 16.0. The lowest BCUT2D eigenvalue weighted by atomic mass is 10.1. The second-order valence-corrected chi connectivity index (χ2v) is 6.96. The minimum atomic E-state index is -0.300. The molecule has 0 radical (unpaired) electrons. The number of aromatic amines is 1. The molecule has 3 aromatic rings. The summed E-state index contributed by atoms with van der Waals surface area (Å²) in [5.74, 6) is 0.101. The fraction of sp³-hybridized carbons (Fsp3) is 0.381. The third kappa shape index (κ3) is 3.65. The first kappa shape index (κ1) is 18.3. The Morgan fingerprint density at radius 3 is 2.61 bits per heavy atom. The van der Waals surface area contributed by atoms with Gasteiger partial charge in [-0.3, -0.25) is 9.78 Å². The van der Waals surface area contributed by atoms with Gasteiger partial charge in [0.1, 0.15) is 0 Å². The lowest BCUT2D eigenvalue weighted by molar-refractivity contribution is -0.132. The quantitative estimate of drug-likeness (QED) is 0.755. The molecule has 1 aromatic carbocycles. The van der Waals surface area contributed by atoms with Crippen molar-refractivity contribution >= 4 is 33.8 Å². The Labute approximate surface area is 163 Å². The molecule has 1 saturated heterocycles. The van der Waals surface area contributed by atoms with Gasteiger partial charge in [0.15, 0.2) is 0 Å². The van der Waals surface area contributed by atoms with Gasteiger partial charge in [-0.2, -0.15) is 0 Å². The molecule has 1 aliphatic heterocycles. The molecule has 4 rings (SSSR count). The summed E-state index contributed by atoms with van der Waals surface area (Å²) in [6, 6.07) is 10.2. The third-order valence-corrected chi connectivity index (χ3v) is 5.20. The van der Waals surface area contributed by atoms with Crippen molar-refractivity contribution in [3.8, 4) is 0 Å². The van der Waals surface area contributed by atoms with Crippen molar-refractivity contribution in [1.29, 1.82) is 0 Å². The molecule has 1 N–H and O–H groups in total. The van der Waals surface area contributed by atoms with Crippen LogP contribution in [0.1, 0.15) is 19.0 Å². The number of nitrogens with one attached hydrogen (secondary N) is 1. The average molecular weight is 380 g/mol. The molecular formula is C21H24N4O3. The number of hydrogen-bond donors (Lipinski definition) is 1. The van der Waals surface area contributed by atoms with Gasteiger partial charge >= 0.3 is 6.09 Å². The normalized spacial score (nSPS) is 14.6. The lowest BCUT2D eigenvalue weighted by Crippen LogP contribution is -2.50. The van der Waals surface area contributed by atoms with Gasteiger partial charge in [0.2, 0.25) is 5.91 Å². The minimum absolute atomic E-state index is 0.101. The van der Waals surface area contributed by atoms with Crippen LogP contribution in [-0.4, -0.2) is 64.6 Å². The smallest absolute Gasteiger partial charge is 0.409 e. The van der Waals surface area contributed by atoms with Crippen molar-refractivity contribution in [3.05, 3.63) is 42.2 Å². The van der Waals surface area contributed by atoms with Gasteiger partial charge < -0.3 is 19.5 Å². The van der Waals surface area contributed by atoms with Crippen LogP contribution in [0.5, 0.6) is 0 Å². The first-order valence-electron chi connectivity index (χ1n) is 9.70. The number of amides is 2. The maximum absolute atomic E-state index is 12.6. The van der Waals surface area contributed by atoms with Gasteiger partial charge in [0.25, 0.3) is 0 Å². The van der Waals surface area contributed by atoms with Gasteiger partial charge in [0.05, 0.1) is 18.3 Å². The number of piperazine rings is 1. The lowest BCUT2D eigenvalue weighted by Gasteiger charge is -2.34. The molecule has 28 heavy (non-hydrogen) atoms. The molecule has 1 aliphatic rings. The molecule has 0 atom stereocenters. The van der Waals surface area contributed by atoms with Crippen LogP contribution in [0, 0.1) is 0 Å². The number of ether oxygens (including phenoxy) is 1.